The smallest absolute Gasteiger partial charge is 0.352 e. The molecule has 24 heavy (non-hydrogen) atoms. The highest BCUT2D eigenvalue weighted by atomic mass is 35.5. The van der Waals surface area contributed by atoms with E-state index in [2.05, 4.69) is 29.6 Å². The summed E-state index contributed by atoms with van der Waals surface area (Å²) < 4.78 is 0. The molecule has 0 aliphatic carbocycles. The third-order valence-electron chi connectivity index (χ3n) is 3.63. The zero-order chi connectivity index (χ0) is 17.5. The van der Waals surface area contributed by atoms with E-state index in [1.165, 1.54) is 11.1 Å². The average Bonchev–Trinajstić information content (AvgIpc) is 2.76. The normalized spacial score (nSPS) is 16.3. The number of aromatic amines is 2. The Morgan fingerprint density at radius 2 is 2.00 bits per heavy atom. The Bertz CT molecular complexity index is 787. The van der Waals surface area contributed by atoms with E-state index in [9.17, 15) is 14.4 Å². The molecule has 1 aliphatic heterocycles. The number of benzene rings is 1. The lowest BCUT2D eigenvalue weighted by molar-refractivity contribution is 0.0689. The van der Waals surface area contributed by atoms with Crippen molar-refractivity contribution in [3.63, 3.8) is 0 Å². The summed E-state index contributed by atoms with van der Waals surface area (Å²) in [5, 5.41) is 11.7. The Kier molecular flexibility index (Phi) is 6.34. The van der Waals surface area contributed by atoms with E-state index < -0.39 is 22.9 Å². The van der Waals surface area contributed by atoms with Gasteiger partial charge < -0.3 is 15.4 Å². The van der Waals surface area contributed by atoms with Crippen LogP contribution in [0.3, 0.4) is 0 Å². The molecule has 2 aromatic rings. The van der Waals surface area contributed by atoms with Crippen LogP contribution in [-0.4, -0.2) is 40.0 Å². The molecular formula is C16H18ClN3O4. The van der Waals surface area contributed by atoms with E-state index in [-0.39, 0.29) is 0 Å². The zero-order valence-corrected chi connectivity index (χ0v) is 13.6. The molecule has 0 spiro atoms. The molecule has 0 fully saturated rings. The number of aromatic nitrogens is 2. The maximum Gasteiger partial charge on any atom is 0.352 e. The summed E-state index contributed by atoms with van der Waals surface area (Å²) in [7, 11) is 0. The highest BCUT2D eigenvalue weighted by molar-refractivity contribution is 6.18. The van der Waals surface area contributed by atoms with Crippen molar-refractivity contribution in [1.29, 1.82) is 0 Å². The van der Waals surface area contributed by atoms with Gasteiger partial charge in [-0.25, -0.2) is 9.59 Å². The molecule has 0 amide bonds. The lowest BCUT2D eigenvalue weighted by Crippen LogP contribution is -2.24. The highest BCUT2D eigenvalue weighted by Crippen LogP contribution is 2.23. The number of hydrogen-bond acceptors (Lipinski definition) is 4. The topological polar surface area (TPSA) is 115 Å². The van der Waals surface area contributed by atoms with Crippen LogP contribution in [0.4, 0.5) is 0 Å². The van der Waals surface area contributed by atoms with Crippen molar-refractivity contribution in [1.82, 2.24) is 15.3 Å². The maximum atomic E-state index is 10.5. The largest absolute Gasteiger partial charge is 0.477 e. The molecule has 1 atom stereocenters. The summed E-state index contributed by atoms with van der Waals surface area (Å²) in [4.78, 5) is 34.9. The van der Waals surface area contributed by atoms with Crippen LogP contribution in [0.15, 0.2) is 39.9 Å². The summed E-state index contributed by atoms with van der Waals surface area (Å²) in [5.41, 5.74) is 0.917. The second-order valence-electron chi connectivity index (χ2n) is 5.31. The summed E-state index contributed by atoms with van der Waals surface area (Å²) in [6.45, 7) is 2.09. The summed E-state index contributed by atoms with van der Waals surface area (Å²) in [6.07, 6.45) is 1.13. The van der Waals surface area contributed by atoms with E-state index in [1.807, 2.05) is 9.97 Å². The zero-order valence-electron chi connectivity index (χ0n) is 12.8. The van der Waals surface area contributed by atoms with Crippen LogP contribution in [-0.2, 0) is 6.42 Å². The van der Waals surface area contributed by atoms with Gasteiger partial charge >= 0.3 is 11.7 Å². The predicted octanol–water partition coefficient (Wildman–Crippen LogP) is 0.916. The number of H-pyrrole nitrogens is 2. The van der Waals surface area contributed by atoms with Gasteiger partial charge in [0.15, 0.2) is 0 Å². The van der Waals surface area contributed by atoms with Crippen molar-refractivity contribution in [2.45, 2.75) is 12.3 Å². The predicted molar refractivity (Wildman–Crippen MR) is 91.1 cm³/mol. The number of fused-ring (bicyclic) bond motifs is 1. The minimum absolute atomic E-state index is 0.418. The molecule has 0 radical (unpaired) electrons. The fourth-order valence-electron chi connectivity index (χ4n) is 2.49. The van der Waals surface area contributed by atoms with Crippen molar-refractivity contribution in [3.8, 4) is 0 Å². The summed E-state index contributed by atoms with van der Waals surface area (Å²) in [6, 6.07) is 9.42. The number of carboxylic acid groups (broad SMARTS) is 1. The van der Waals surface area contributed by atoms with Gasteiger partial charge in [0, 0.05) is 24.4 Å². The Morgan fingerprint density at radius 1 is 1.25 bits per heavy atom. The molecule has 0 saturated carbocycles. The van der Waals surface area contributed by atoms with Gasteiger partial charge in [0.25, 0.3) is 5.56 Å². The fourth-order valence-corrected chi connectivity index (χ4v) is 2.77. The van der Waals surface area contributed by atoms with Crippen LogP contribution in [0.25, 0.3) is 0 Å². The van der Waals surface area contributed by atoms with Crippen LogP contribution in [0.5, 0.6) is 0 Å². The molecule has 0 saturated heterocycles. The first-order valence-electron chi connectivity index (χ1n) is 7.42. The minimum Gasteiger partial charge on any atom is -0.477 e. The van der Waals surface area contributed by atoms with Gasteiger partial charge in [-0.2, -0.15) is 0 Å². The fraction of sp³-hybridized carbons (Fsp3) is 0.312. The van der Waals surface area contributed by atoms with E-state index in [0.29, 0.717) is 11.8 Å². The molecule has 8 heteroatoms. The molecule has 3 rings (SSSR count). The first-order chi connectivity index (χ1) is 11.5. The van der Waals surface area contributed by atoms with Crippen molar-refractivity contribution in [2.24, 2.45) is 0 Å². The number of aromatic carboxylic acids is 1. The standard InChI is InChI=1S/C11H14ClN.C5H4N2O4/c12-7-10-8-13-6-5-9-3-1-2-4-11(9)10;8-3-1-2(4(9)10)6-5(11)7-3/h1-4,10,13H,5-8H2;1H,(H,9,10)(H2,6,7,8,11)/t10-;/m1./s1. The van der Waals surface area contributed by atoms with Gasteiger partial charge in [0.2, 0.25) is 0 Å². The van der Waals surface area contributed by atoms with Crippen LogP contribution in [0, 0.1) is 0 Å². The molecule has 128 valence electrons. The average molecular weight is 352 g/mol. The highest BCUT2D eigenvalue weighted by Gasteiger charge is 2.16. The molecular weight excluding hydrogens is 334 g/mol. The lowest BCUT2D eigenvalue weighted by atomic mass is 9.95. The summed E-state index contributed by atoms with van der Waals surface area (Å²) >= 11 is 5.94. The van der Waals surface area contributed by atoms with Gasteiger partial charge in [-0.15, -0.1) is 11.6 Å². The van der Waals surface area contributed by atoms with E-state index >= 15 is 0 Å². The van der Waals surface area contributed by atoms with Crippen molar-refractivity contribution < 1.29 is 9.90 Å². The van der Waals surface area contributed by atoms with Gasteiger partial charge in [-0.05, 0) is 24.1 Å². The van der Waals surface area contributed by atoms with Crippen molar-refractivity contribution >= 4 is 17.6 Å². The van der Waals surface area contributed by atoms with E-state index in [0.717, 1.165) is 25.6 Å². The first kappa shape index (κ1) is 18.0. The monoisotopic (exact) mass is 351 g/mol. The molecule has 4 N–H and O–H groups in total. The Hall–Kier alpha value is -2.38. The van der Waals surface area contributed by atoms with Crippen LogP contribution >= 0.6 is 11.6 Å². The third kappa shape index (κ3) is 4.81. The molecule has 1 aromatic carbocycles. The maximum absolute atomic E-state index is 10.5. The van der Waals surface area contributed by atoms with Gasteiger partial charge in [-0.1, -0.05) is 24.3 Å². The Labute approximate surface area is 142 Å². The van der Waals surface area contributed by atoms with Crippen molar-refractivity contribution in [2.75, 3.05) is 19.0 Å². The molecule has 1 aromatic heterocycles. The second kappa shape index (κ2) is 8.47. The van der Waals surface area contributed by atoms with Gasteiger partial charge in [0.05, 0.1) is 0 Å². The van der Waals surface area contributed by atoms with Crippen LogP contribution in [0.2, 0.25) is 0 Å². The van der Waals surface area contributed by atoms with Crippen LogP contribution < -0.4 is 16.6 Å². The number of rotatable bonds is 2. The minimum atomic E-state index is -1.34. The summed E-state index contributed by atoms with van der Waals surface area (Å²) in [5.74, 6) is -0.141. The third-order valence-corrected chi connectivity index (χ3v) is 4.01. The van der Waals surface area contributed by atoms with E-state index in [1.54, 1.807) is 0 Å². The molecule has 0 unspecified atom stereocenters. The number of nitrogens with one attached hydrogen (secondary N) is 3. The molecule has 0 bridgehead atoms. The van der Waals surface area contributed by atoms with E-state index in [4.69, 9.17) is 16.7 Å². The molecule has 2 heterocycles. The van der Waals surface area contributed by atoms with Crippen LogP contribution in [0.1, 0.15) is 27.5 Å². The van der Waals surface area contributed by atoms with Crippen molar-refractivity contribution in [3.05, 3.63) is 68.0 Å². The Balaban J connectivity index is 0.000000177. The van der Waals surface area contributed by atoms with Gasteiger partial charge in [0.1, 0.15) is 5.69 Å². The number of halogens is 1. The molecule has 1 aliphatic rings. The number of alkyl halides is 1. The quantitative estimate of drug-likeness (QED) is 0.600. The SMILES string of the molecule is ClC[C@@H]1CNCCc2ccccc21.O=C(O)c1cc(=O)[nH]c(=O)[nH]1. The number of carbonyl (C=O) groups is 1. The number of hydrogen-bond donors (Lipinski definition) is 4. The second-order valence-corrected chi connectivity index (χ2v) is 5.62. The van der Waals surface area contributed by atoms with Gasteiger partial charge in [-0.3, -0.25) is 9.78 Å². The first-order valence-corrected chi connectivity index (χ1v) is 7.96. The lowest BCUT2D eigenvalue weighted by Gasteiger charge is -2.13. The number of carboxylic acids is 1. The Morgan fingerprint density at radius 3 is 2.67 bits per heavy atom. The molecule has 7 nitrogen and oxygen atoms in total.